The van der Waals surface area contributed by atoms with E-state index in [1.54, 1.807) is 12.1 Å². The first-order valence-electron chi connectivity index (χ1n) is 6.21. The summed E-state index contributed by atoms with van der Waals surface area (Å²) in [6.45, 7) is 7.11. The van der Waals surface area contributed by atoms with Gasteiger partial charge in [0.2, 0.25) is 11.8 Å². The fraction of sp³-hybridized carbons (Fsp3) is 0.333. The molecule has 1 aromatic carbocycles. The van der Waals surface area contributed by atoms with Crippen molar-refractivity contribution in [1.29, 1.82) is 0 Å². The van der Waals surface area contributed by atoms with Gasteiger partial charge in [0, 0.05) is 6.92 Å². The maximum absolute atomic E-state index is 12.2. The van der Waals surface area contributed by atoms with Crippen LogP contribution in [0.1, 0.15) is 19.4 Å². The Morgan fingerprint density at radius 3 is 2.63 bits per heavy atom. The summed E-state index contributed by atoms with van der Waals surface area (Å²) in [6.07, 6.45) is 2.40. The van der Waals surface area contributed by atoms with Crippen LogP contribution in [0.25, 0.3) is 0 Å². The summed E-state index contributed by atoms with van der Waals surface area (Å²) in [7, 11) is 0. The van der Waals surface area contributed by atoms with Gasteiger partial charge >= 0.3 is 0 Å². The highest BCUT2D eigenvalue weighted by Gasteiger charge is 2.21. The molecule has 0 aliphatic carbocycles. The van der Waals surface area contributed by atoms with E-state index < -0.39 is 0 Å². The number of nitrogens with zero attached hydrogens (tertiary/aromatic N) is 1. The van der Waals surface area contributed by atoms with Crippen molar-refractivity contribution in [2.24, 2.45) is 0 Å². The van der Waals surface area contributed by atoms with E-state index >= 15 is 0 Å². The van der Waals surface area contributed by atoms with Crippen LogP contribution in [0.4, 0.5) is 5.69 Å². The first-order valence-corrected chi connectivity index (χ1v) is 7.37. The number of amides is 2. The topological polar surface area (TPSA) is 37.4 Å². The van der Waals surface area contributed by atoms with Crippen LogP contribution in [0.5, 0.6) is 0 Å². The quantitative estimate of drug-likeness (QED) is 0.750. The third-order valence-electron chi connectivity index (χ3n) is 2.59. The molecule has 1 aromatic rings. The molecular weight excluding hydrogens is 258 g/mol. The number of rotatable bonds is 6. The van der Waals surface area contributed by atoms with E-state index in [-0.39, 0.29) is 11.8 Å². The number of carbonyl (C=O) groups is 2. The lowest BCUT2D eigenvalue weighted by molar-refractivity contribution is -0.124. The van der Waals surface area contributed by atoms with Crippen LogP contribution in [0.3, 0.4) is 0 Å². The zero-order valence-electron chi connectivity index (χ0n) is 11.4. The third-order valence-corrected chi connectivity index (χ3v) is 3.45. The fourth-order valence-corrected chi connectivity index (χ4v) is 2.30. The van der Waals surface area contributed by atoms with Gasteiger partial charge in [-0.1, -0.05) is 31.2 Å². The predicted octanol–water partition coefficient (Wildman–Crippen LogP) is 3.05. The van der Waals surface area contributed by atoms with Crippen molar-refractivity contribution in [1.82, 2.24) is 0 Å². The Morgan fingerprint density at radius 1 is 1.37 bits per heavy atom. The van der Waals surface area contributed by atoms with Crippen LogP contribution in [0.15, 0.2) is 36.9 Å². The van der Waals surface area contributed by atoms with E-state index in [1.165, 1.54) is 23.6 Å². The molecule has 0 bridgehead atoms. The number of thioether (sulfide) groups is 1. The average molecular weight is 277 g/mol. The van der Waals surface area contributed by atoms with E-state index in [2.05, 4.69) is 6.58 Å². The molecule has 3 nitrogen and oxygen atoms in total. The highest BCUT2D eigenvalue weighted by atomic mass is 32.2. The van der Waals surface area contributed by atoms with Crippen molar-refractivity contribution in [3.63, 3.8) is 0 Å². The minimum Gasteiger partial charge on any atom is -0.274 e. The van der Waals surface area contributed by atoms with E-state index in [0.717, 1.165) is 11.3 Å². The molecule has 0 saturated carbocycles. The van der Waals surface area contributed by atoms with E-state index in [0.29, 0.717) is 17.9 Å². The summed E-state index contributed by atoms with van der Waals surface area (Å²) in [5.41, 5.74) is 1.60. The molecule has 0 radical (unpaired) electrons. The van der Waals surface area contributed by atoms with Gasteiger partial charge in [-0.05, 0) is 23.8 Å². The molecule has 0 heterocycles. The lowest BCUT2D eigenvalue weighted by Crippen LogP contribution is -2.37. The Labute approximate surface area is 118 Å². The molecule has 0 aromatic heterocycles. The number of hydrogen-bond donors (Lipinski definition) is 0. The van der Waals surface area contributed by atoms with Crippen LogP contribution >= 0.6 is 11.8 Å². The van der Waals surface area contributed by atoms with Gasteiger partial charge in [-0.15, -0.1) is 6.58 Å². The highest BCUT2D eigenvalue weighted by molar-refractivity contribution is 7.99. The Bertz CT molecular complexity index is 471. The predicted molar refractivity (Wildman–Crippen MR) is 81.5 cm³/mol. The third kappa shape index (κ3) is 4.24. The van der Waals surface area contributed by atoms with Gasteiger partial charge in [-0.3, -0.25) is 9.59 Å². The van der Waals surface area contributed by atoms with Gasteiger partial charge in [0.25, 0.3) is 0 Å². The maximum Gasteiger partial charge on any atom is 0.243 e. The normalized spacial score (nSPS) is 10.0. The van der Waals surface area contributed by atoms with Crippen LogP contribution in [-0.2, 0) is 16.0 Å². The van der Waals surface area contributed by atoms with Crippen molar-refractivity contribution in [3.8, 4) is 0 Å². The standard InChI is InChI=1S/C15H19NO2S/c1-4-8-13-9-6-7-10-14(13)16(12(3)17)15(18)11-19-5-2/h4,6-7,9-10H,1,5,8,11H2,2-3H3. The molecule has 0 spiro atoms. The molecule has 102 valence electrons. The SMILES string of the molecule is C=CCc1ccccc1N(C(C)=O)C(=O)CSCC. The molecular formula is C15H19NO2S. The van der Waals surface area contributed by atoms with Crippen molar-refractivity contribution in [2.75, 3.05) is 16.4 Å². The summed E-state index contributed by atoms with van der Waals surface area (Å²) in [5, 5.41) is 0. The van der Waals surface area contributed by atoms with Gasteiger partial charge < -0.3 is 0 Å². The van der Waals surface area contributed by atoms with Gasteiger partial charge in [0.05, 0.1) is 11.4 Å². The number of benzene rings is 1. The molecule has 0 unspecified atom stereocenters. The minimum atomic E-state index is -0.252. The summed E-state index contributed by atoms with van der Waals surface area (Å²) in [6, 6.07) is 7.44. The second-order valence-electron chi connectivity index (χ2n) is 4.01. The summed E-state index contributed by atoms with van der Waals surface area (Å²) in [5.74, 6) is 0.749. The zero-order chi connectivity index (χ0) is 14.3. The molecule has 0 aliphatic heterocycles. The molecule has 0 N–H and O–H groups in total. The van der Waals surface area contributed by atoms with Crippen molar-refractivity contribution in [3.05, 3.63) is 42.5 Å². The molecule has 4 heteroatoms. The summed E-state index contributed by atoms with van der Waals surface area (Å²) in [4.78, 5) is 25.2. The Morgan fingerprint density at radius 2 is 2.05 bits per heavy atom. The van der Waals surface area contributed by atoms with Crippen molar-refractivity contribution in [2.45, 2.75) is 20.3 Å². The monoisotopic (exact) mass is 277 g/mol. The lowest BCUT2D eigenvalue weighted by Gasteiger charge is -2.21. The van der Waals surface area contributed by atoms with Crippen LogP contribution < -0.4 is 4.90 Å². The second kappa shape index (κ2) is 7.79. The number of carbonyl (C=O) groups excluding carboxylic acids is 2. The van der Waals surface area contributed by atoms with Crippen LogP contribution in [0.2, 0.25) is 0 Å². The van der Waals surface area contributed by atoms with E-state index in [4.69, 9.17) is 0 Å². The number of allylic oxidation sites excluding steroid dienone is 1. The summed E-state index contributed by atoms with van der Waals surface area (Å²) >= 11 is 1.51. The molecule has 0 aliphatic rings. The molecule has 2 amide bonds. The van der Waals surface area contributed by atoms with Crippen LogP contribution in [-0.4, -0.2) is 23.3 Å². The second-order valence-corrected chi connectivity index (χ2v) is 5.28. The molecule has 1 rings (SSSR count). The Kier molecular flexibility index (Phi) is 6.36. The summed E-state index contributed by atoms with van der Waals surface area (Å²) < 4.78 is 0. The van der Waals surface area contributed by atoms with Crippen LogP contribution in [0, 0.1) is 0 Å². The molecule has 0 atom stereocenters. The number of imide groups is 1. The van der Waals surface area contributed by atoms with E-state index in [9.17, 15) is 9.59 Å². The van der Waals surface area contributed by atoms with Gasteiger partial charge in [-0.2, -0.15) is 11.8 Å². The van der Waals surface area contributed by atoms with E-state index in [1.807, 2.05) is 25.1 Å². The Hall–Kier alpha value is -1.55. The number of anilines is 1. The fourth-order valence-electron chi connectivity index (χ4n) is 1.79. The highest BCUT2D eigenvalue weighted by Crippen LogP contribution is 2.22. The maximum atomic E-state index is 12.2. The number of hydrogen-bond acceptors (Lipinski definition) is 3. The van der Waals surface area contributed by atoms with Gasteiger partial charge in [0.1, 0.15) is 0 Å². The Balaban J connectivity index is 3.08. The lowest BCUT2D eigenvalue weighted by atomic mass is 10.1. The largest absolute Gasteiger partial charge is 0.274 e. The molecule has 0 saturated heterocycles. The number of para-hydroxylation sites is 1. The first kappa shape index (κ1) is 15.5. The molecule has 0 fully saturated rings. The zero-order valence-corrected chi connectivity index (χ0v) is 12.2. The smallest absolute Gasteiger partial charge is 0.243 e. The minimum absolute atomic E-state index is 0.170. The van der Waals surface area contributed by atoms with Crippen molar-refractivity contribution < 1.29 is 9.59 Å². The van der Waals surface area contributed by atoms with Gasteiger partial charge in [-0.25, -0.2) is 4.90 Å². The average Bonchev–Trinajstić information content (AvgIpc) is 2.38. The molecule has 19 heavy (non-hydrogen) atoms. The first-order chi connectivity index (χ1) is 9.11. The van der Waals surface area contributed by atoms with Gasteiger partial charge in [0.15, 0.2) is 0 Å². The van der Waals surface area contributed by atoms with Crippen molar-refractivity contribution >= 4 is 29.3 Å².